The molecule has 1 aliphatic rings. The molecule has 1 amide bonds. The number of aromatic nitrogens is 3. The maximum atomic E-state index is 14.0. The Morgan fingerprint density at radius 2 is 1.93 bits per heavy atom. The number of nitrogens with one attached hydrogen (secondary N) is 2. The van der Waals surface area contributed by atoms with Gasteiger partial charge < -0.3 is 20.1 Å². The lowest BCUT2D eigenvalue weighted by atomic mass is 9.94. The van der Waals surface area contributed by atoms with Crippen LogP contribution in [0.25, 0.3) is 0 Å². The van der Waals surface area contributed by atoms with Crippen LogP contribution in [0, 0.1) is 6.92 Å². The molecule has 2 N–H and O–H groups in total. The average Bonchev–Trinajstić information content (AvgIpc) is 3.39. The van der Waals surface area contributed by atoms with E-state index in [1.54, 1.807) is 4.68 Å². The SMILES string of the molecule is CCCCOc1c(Br)cc(C2C(C(=O)Nc3cccc(C)c3)=C(C)Nc3nc(SCc4ccccc4Cl)nn32)cc1OCC. The van der Waals surface area contributed by atoms with E-state index in [4.69, 9.17) is 31.2 Å². The number of halogens is 2. The van der Waals surface area contributed by atoms with Crippen LogP contribution >= 0.6 is 39.3 Å². The molecule has 11 heteroatoms. The van der Waals surface area contributed by atoms with Gasteiger partial charge in [-0.2, -0.15) is 4.98 Å². The van der Waals surface area contributed by atoms with Crippen LogP contribution in [0.3, 0.4) is 0 Å². The summed E-state index contributed by atoms with van der Waals surface area (Å²) in [5.74, 6) is 2.13. The Balaban J connectivity index is 1.56. The molecular weight excluding hydrogens is 662 g/mol. The summed E-state index contributed by atoms with van der Waals surface area (Å²) < 4.78 is 14.7. The molecule has 0 spiro atoms. The molecule has 0 aliphatic carbocycles. The van der Waals surface area contributed by atoms with Crippen molar-refractivity contribution < 1.29 is 14.3 Å². The number of fused-ring (bicyclic) bond motifs is 1. The predicted molar refractivity (Wildman–Crippen MR) is 181 cm³/mol. The third-order valence-corrected chi connectivity index (χ3v) is 8.90. The van der Waals surface area contributed by atoms with Crippen molar-refractivity contribution in [3.63, 3.8) is 0 Å². The number of amides is 1. The maximum Gasteiger partial charge on any atom is 0.255 e. The lowest BCUT2D eigenvalue weighted by molar-refractivity contribution is -0.113. The number of nitrogens with zero attached hydrogens (tertiary/aromatic N) is 3. The minimum Gasteiger partial charge on any atom is -0.490 e. The molecule has 1 unspecified atom stereocenters. The highest BCUT2D eigenvalue weighted by atomic mass is 79.9. The summed E-state index contributed by atoms with van der Waals surface area (Å²) in [5.41, 5.74) is 4.75. The van der Waals surface area contributed by atoms with Crippen molar-refractivity contribution in [1.82, 2.24) is 14.8 Å². The first-order valence-corrected chi connectivity index (χ1v) is 16.7. The third kappa shape index (κ3) is 7.25. The van der Waals surface area contributed by atoms with E-state index >= 15 is 0 Å². The Labute approximate surface area is 275 Å². The minimum absolute atomic E-state index is 0.241. The van der Waals surface area contributed by atoms with Crippen LogP contribution in [0.5, 0.6) is 11.5 Å². The molecule has 44 heavy (non-hydrogen) atoms. The van der Waals surface area contributed by atoms with Gasteiger partial charge in [0.1, 0.15) is 6.04 Å². The summed E-state index contributed by atoms with van der Waals surface area (Å²) in [6.45, 7) is 8.96. The maximum absolute atomic E-state index is 14.0. The zero-order valence-corrected chi connectivity index (χ0v) is 28.3. The molecule has 3 aromatic carbocycles. The molecule has 1 aliphatic heterocycles. The van der Waals surface area contributed by atoms with Crippen LogP contribution in [0.15, 0.2) is 81.6 Å². The number of anilines is 2. The third-order valence-electron chi connectivity index (χ3n) is 7.06. The molecule has 0 radical (unpaired) electrons. The number of carbonyl (C=O) groups excluding carboxylic acids is 1. The van der Waals surface area contributed by atoms with Crippen molar-refractivity contribution in [2.75, 3.05) is 23.8 Å². The Hall–Kier alpha value is -3.47. The van der Waals surface area contributed by atoms with Crippen molar-refractivity contribution in [2.45, 2.75) is 57.5 Å². The molecule has 0 bridgehead atoms. The topological polar surface area (TPSA) is 90.3 Å². The quantitative estimate of drug-likeness (QED) is 0.113. The molecule has 5 rings (SSSR count). The van der Waals surface area contributed by atoms with Crippen LogP contribution in [-0.4, -0.2) is 33.9 Å². The van der Waals surface area contributed by atoms with Gasteiger partial charge in [-0.15, -0.1) is 5.10 Å². The summed E-state index contributed by atoms with van der Waals surface area (Å²) in [7, 11) is 0. The van der Waals surface area contributed by atoms with Crippen LogP contribution in [-0.2, 0) is 10.5 Å². The van der Waals surface area contributed by atoms with Gasteiger partial charge in [-0.3, -0.25) is 4.79 Å². The Morgan fingerprint density at radius 1 is 1.11 bits per heavy atom. The zero-order chi connectivity index (χ0) is 31.2. The molecular formula is C33H35BrClN5O3S. The number of aryl methyl sites for hydroxylation is 1. The van der Waals surface area contributed by atoms with Gasteiger partial charge in [-0.25, -0.2) is 4.68 Å². The van der Waals surface area contributed by atoms with E-state index in [2.05, 4.69) is 33.5 Å². The molecule has 0 saturated heterocycles. The monoisotopic (exact) mass is 695 g/mol. The van der Waals surface area contributed by atoms with E-state index in [0.29, 0.717) is 63.6 Å². The Bertz CT molecular complexity index is 1690. The number of ether oxygens (including phenoxy) is 2. The average molecular weight is 697 g/mol. The highest BCUT2D eigenvalue weighted by Gasteiger charge is 2.35. The van der Waals surface area contributed by atoms with Gasteiger partial charge in [0.25, 0.3) is 5.91 Å². The number of allylic oxidation sites excluding steroid dienone is 1. The zero-order valence-electron chi connectivity index (χ0n) is 25.1. The van der Waals surface area contributed by atoms with E-state index in [9.17, 15) is 4.79 Å². The van der Waals surface area contributed by atoms with Crippen molar-refractivity contribution in [2.24, 2.45) is 0 Å². The Kier molecular flexibility index (Phi) is 10.6. The molecule has 2 heterocycles. The van der Waals surface area contributed by atoms with Crippen molar-refractivity contribution in [3.05, 3.63) is 98.1 Å². The second-order valence-corrected chi connectivity index (χ2v) is 12.6. The van der Waals surface area contributed by atoms with E-state index < -0.39 is 6.04 Å². The van der Waals surface area contributed by atoms with E-state index in [-0.39, 0.29) is 5.91 Å². The summed E-state index contributed by atoms with van der Waals surface area (Å²) in [6, 6.07) is 18.8. The minimum atomic E-state index is -0.599. The summed E-state index contributed by atoms with van der Waals surface area (Å²) in [5, 5.41) is 12.6. The van der Waals surface area contributed by atoms with Crippen molar-refractivity contribution in [3.8, 4) is 11.5 Å². The number of benzene rings is 3. The summed E-state index contributed by atoms with van der Waals surface area (Å²) in [6.07, 6.45) is 1.94. The number of thioether (sulfide) groups is 1. The van der Waals surface area contributed by atoms with Gasteiger partial charge >= 0.3 is 0 Å². The predicted octanol–water partition coefficient (Wildman–Crippen LogP) is 8.80. The molecule has 8 nitrogen and oxygen atoms in total. The Morgan fingerprint density at radius 3 is 2.68 bits per heavy atom. The molecule has 230 valence electrons. The highest BCUT2D eigenvalue weighted by Crippen LogP contribution is 2.43. The van der Waals surface area contributed by atoms with E-state index in [1.807, 2.05) is 81.4 Å². The van der Waals surface area contributed by atoms with Gasteiger partial charge in [-0.1, -0.05) is 67.0 Å². The fourth-order valence-corrected chi connectivity index (χ4v) is 6.63. The second-order valence-electron chi connectivity index (χ2n) is 10.4. The van der Waals surface area contributed by atoms with Crippen molar-refractivity contribution >= 4 is 56.8 Å². The number of hydrogen-bond acceptors (Lipinski definition) is 7. The first-order valence-electron chi connectivity index (χ1n) is 14.6. The van der Waals surface area contributed by atoms with Gasteiger partial charge in [0, 0.05) is 22.2 Å². The molecule has 1 atom stereocenters. The fraction of sp³-hybridized carbons (Fsp3) is 0.303. The summed E-state index contributed by atoms with van der Waals surface area (Å²) >= 11 is 11.6. The molecule has 0 fully saturated rings. The molecule has 0 saturated carbocycles. The lowest BCUT2D eigenvalue weighted by Crippen LogP contribution is -2.31. The number of carbonyl (C=O) groups is 1. The van der Waals surface area contributed by atoms with E-state index in [1.165, 1.54) is 11.8 Å². The normalized spacial score (nSPS) is 14.2. The number of rotatable bonds is 12. The van der Waals surface area contributed by atoms with Crippen LogP contribution in [0.1, 0.15) is 56.3 Å². The van der Waals surface area contributed by atoms with Crippen molar-refractivity contribution in [1.29, 1.82) is 0 Å². The lowest BCUT2D eigenvalue weighted by Gasteiger charge is -2.29. The fourth-order valence-electron chi connectivity index (χ4n) is 4.94. The largest absolute Gasteiger partial charge is 0.490 e. The van der Waals surface area contributed by atoms with Gasteiger partial charge in [0.15, 0.2) is 11.5 Å². The van der Waals surface area contributed by atoms with E-state index in [0.717, 1.165) is 34.0 Å². The second kappa shape index (κ2) is 14.5. The number of hydrogen-bond donors (Lipinski definition) is 2. The summed E-state index contributed by atoms with van der Waals surface area (Å²) in [4.78, 5) is 18.8. The standard InChI is InChI=1S/C33H35BrClN5O3S/c1-5-7-15-43-30-25(34)17-23(18-27(30)42-6-2)29-28(31(41)37-24-13-10-11-20(3)16-24)21(4)36-32-38-33(39-40(29)32)44-19-22-12-8-9-14-26(22)35/h8-14,16-18,29H,5-7,15,19H2,1-4H3,(H,37,41)(H,36,38,39). The van der Waals surface area contributed by atoms with Crippen LogP contribution in [0.4, 0.5) is 11.6 Å². The van der Waals surface area contributed by atoms with Gasteiger partial charge in [-0.05, 0) is 90.1 Å². The number of unbranched alkanes of at least 4 members (excludes halogenated alkanes) is 1. The van der Waals surface area contributed by atoms with Gasteiger partial charge in [0.05, 0.1) is 23.3 Å². The van der Waals surface area contributed by atoms with Crippen LogP contribution < -0.4 is 20.1 Å². The van der Waals surface area contributed by atoms with Crippen LogP contribution in [0.2, 0.25) is 5.02 Å². The molecule has 1 aromatic heterocycles. The van der Waals surface area contributed by atoms with Gasteiger partial charge in [0.2, 0.25) is 11.1 Å². The smallest absolute Gasteiger partial charge is 0.255 e. The first-order chi connectivity index (χ1) is 21.3. The highest BCUT2D eigenvalue weighted by molar-refractivity contribution is 9.10. The molecule has 4 aromatic rings. The first kappa shape index (κ1) is 31.9.